The van der Waals surface area contributed by atoms with Crippen LogP contribution < -0.4 is 20.7 Å². The Morgan fingerprint density at radius 2 is 1.04 bits per heavy atom. The van der Waals surface area contributed by atoms with Gasteiger partial charge in [0.1, 0.15) is 11.5 Å². The summed E-state index contributed by atoms with van der Waals surface area (Å²) >= 11 is 11.7. The van der Waals surface area contributed by atoms with Crippen molar-refractivity contribution in [3.63, 3.8) is 0 Å². The number of nitrogens with zero attached hydrogens (tertiary/aromatic N) is 4. The number of fused-ring (bicyclic) bond motifs is 2. The third kappa shape index (κ3) is 7.74. The number of hydrogen-bond donors (Lipinski definition) is 2. The molecule has 0 aliphatic heterocycles. The second-order valence-corrected chi connectivity index (χ2v) is 11.7. The number of ether oxygens (including phenoxy) is 2. The first-order valence-corrected chi connectivity index (χ1v) is 15.3. The van der Waals surface area contributed by atoms with Gasteiger partial charge in [0.05, 0.1) is 42.3 Å². The molecular formula is C34H29Cl2F3N6O4. The zero-order chi connectivity index (χ0) is 35.6. The second kappa shape index (κ2) is 14.1. The summed E-state index contributed by atoms with van der Waals surface area (Å²) in [6, 6.07) is 22.3. The van der Waals surface area contributed by atoms with Crippen LogP contribution in [0, 0.1) is 10.8 Å². The molecule has 0 bridgehead atoms. The number of hydrogen-bond acceptors (Lipinski definition) is 6. The number of methoxy groups -OCH3 is 1. The SMILES string of the molecule is COc1ccc2c(c1)n(CC(=O)c1ccc(Cl)cc1)c(=N)n2C.Cn1c(=N)n(CC(=O)c2ccc(Cl)cc2)c2cc(OC(F)(F)F)ccc21. The van der Waals surface area contributed by atoms with Crippen molar-refractivity contribution >= 4 is 56.8 Å². The third-order valence-corrected chi connectivity index (χ3v) is 8.25. The van der Waals surface area contributed by atoms with Gasteiger partial charge in [-0.3, -0.25) is 20.4 Å². The molecule has 254 valence electrons. The van der Waals surface area contributed by atoms with Crippen LogP contribution in [0.3, 0.4) is 0 Å². The van der Waals surface area contributed by atoms with E-state index >= 15 is 0 Å². The fourth-order valence-electron chi connectivity index (χ4n) is 5.21. The molecule has 0 unspecified atom stereocenters. The van der Waals surface area contributed by atoms with Crippen molar-refractivity contribution in [1.29, 1.82) is 10.8 Å². The Balaban J connectivity index is 0.000000192. The lowest BCUT2D eigenvalue weighted by molar-refractivity contribution is -0.274. The van der Waals surface area contributed by atoms with E-state index < -0.39 is 12.1 Å². The molecule has 6 rings (SSSR count). The van der Waals surface area contributed by atoms with Crippen LogP contribution >= 0.6 is 23.2 Å². The number of ketones is 2. The van der Waals surface area contributed by atoms with Crippen molar-refractivity contribution in [3.8, 4) is 11.5 Å². The topological polar surface area (TPSA) is 120 Å². The highest BCUT2D eigenvalue weighted by atomic mass is 35.5. The number of aromatic nitrogens is 4. The van der Waals surface area contributed by atoms with Gasteiger partial charge in [0, 0.05) is 47.4 Å². The molecule has 49 heavy (non-hydrogen) atoms. The highest BCUT2D eigenvalue weighted by Gasteiger charge is 2.31. The van der Waals surface area contributed by atoms with Crippen molar-refractivity contribution in [1.82, 2.24) is 18.3 Å². The molecule has 2 heterocycles. The lowest BCUT2D eigenvalue weighted by Crippen LogP contribution is -2.25. The highest BCUT2D eigenvalue weighted by molar-refractivity contribution is 6.31. The molecule has 0 aliphatic rings. The predicted octanol–water partition coefficient (Wildman–Crippen LogP) is 6.90. The Bertz CT molecular complexity index is 2300. The second-order valence-electron chi connectivity index (χ2n) is 10.9. The molecule has 0 fully saturated rings. The van der Waals surface area contributed by atoms with Crippen LogP contribution in [0.2, 0.25) is 10.0 Å². The molecule has 2 aromatic heterocycles. The minimum Gasteiger partial charge on any atom is -0.497 e. The number of imidazole rings is 2. The predicted molar refractivity (Wildman–Crippen MR) is 178 cm³/mol. The minimum absolute atomic E-state index is 0.0218. The van der Waals surface area contributed by atoms with E-state index in [4.69, 9.17) is 38.8 Å². The van der Waals surface area contributed by atoms with Gasteiger partial charge in [-0.2, -0.15) is 0 Å². The van der Waals surface area contributed by atoms with Gasteiger partial charge in [0.15, 0.2) is 11.6 Å². The smallest absolute Gasteiger partial charge is 0.497 e. The number of carbonyl (C=O) groups is 2. The molecule has 6 aromatic rings. The first kappa shape index (κ1) is 35.0. The maximum absolute atomic E-state index is 12.5. The van der Waals surface area contributed by atoms with Crippen molar-refractivity contribution in [2.75, 3.05) is 7.11 Å². The summed E-state index contributed by atoms with van der Waals surface area (Å²) in [5.41, 5.74) is 3.66. The van der Waals surface area contributed by atoms with E-state index in [0.29, 0.717) is 38.0 Å². The van der Waals surface area contributed by atoms with Crippen molar-refractivity contribution in [3.05, 3.63) is 117 Å². The number of carbonyl (C=O) groups excluding carboxylic acids is 2. The zero-order valence-corrected chi connectivity index (χ0v) is 27.8. The fourth-order valence-corrected chi connectivity index (χ4v) is 5.46. The Morgan fingerprint density at radius 1 is 0.653 bits per heavy atom. The highest BCUT2D eigenvalue weighted by Crippen LogP contribution is 2.26. The van der Waals surface area contributed by atoms with Gasteiger partial charge >= 0.3 is 6.36 Å². The largest absolute Gasteiger partial charge is 0.573 e. The summed E-state index contributed by atoms with van der Waals surface area (Å²) in [6.07, 6.45) is -4.82. The van der Waals surface area contributed by atoms with Crippen LogP contribution in [0.25, 0.3) is 22.1 Å². The zero-order valence-electron chi connectivity index (χ0n) is 26.3. The molecule has 10 nitrogen and oxygen atoms in total. The molecule has 0 radical (unpaired) electrons. The Labute approximate surface area is 287 Å². The van der Waals surface area contributed by atoms with Gasteiger partial charge in [-0.25, -0.2) is 0 Å². The van der Waals surface area contributed by atoms with E-state index in [2.05, 4.69) is 4.74 Å². The summed E-state index contributed by atoms with van der Waals surface area (Å²) in [7, 11) is 4.99. The number of benzene rings is 4. The lowest BCUT2D eigenvalue weighted by Gasteiger charge is -2.09. The van der Waals surface area contributed by atoms with Crippen LogP contribution in [0.4, 0.5) is 13.2 Å². The molecule has 0 aliphatic carbocycles. The normalized spacial score (nSPS) is 11.3. The fraction of sp³-hybridized carbons (Fsp3) is 0.176. The van der Waals surface area contributed by atoms with Crippen LogP contribution in [0.5, 0.6) is 11.5 Å². The Kier molecular flexibility index (Phi) is 10.1. The average Bonchev–Trinajstić information content (AvgIpc) is 3.44. The molecule has 0 spiro atoms. The van der Waals surface area contributed by atoms with E-state index in [9.17, 15) is 22.8 Å². The summed E-state index contributed by atoms with van der Waals surface area (Å²) < 4.78 is 52.8. The van der Waals surface area contributed by atoms with Gasteiger partial charge in [-0.05, 0) is 72.8 Å². The van der Waals surface area contributed by atoms with Crippen molar-refractivity contribution < 1.29 is 32.2 Å². The van der Waals surface area contributed by atoms with Gasteiger partial charge in [0.25, 0.3) is 0 Å². The van der Waals surface area contributed by atoms with Crippen LogP contribution in [0.15, 0.2) is 84.9 Å². The van der Waals surface area contributed by atoms with E-state index in [1.54, 1.807) is 78.9 Å². The van der Waals surface area contributed by atoms with Gasteiger partial charge < -0.3 is 27.7 Å². The number of alkyl halides is 3. The summed E-state index contributed by atoms with van der Waals surface area (Å²) in [5, 5.41) is 17.5. The first-order chi connectivity index (χ1) is 23.2. The van der Waals surface area contributed by atoms with Crippen LogP contribution in [0.1, 0.15) is 20.7 Å². The molecule has 2 N–H and O–H groups in total. The van der Waals surface area contributed by atoms with Crippen molar-refractivity contribution in [2.45, 2.75) is 19.5 Å². The van der Waals surface area contributed by atoms with Crippen molar-refractivity contribution in [2.24, 2.45) is 14.1 Å². The Morgan fingerprint density at radius 3 is 1.43 bits per heavy atom. The van der Waals surface area contributed by atoms with E-state index in [0.717, 1.165) is 17.1 Å². The number of halogens is 5. The minimum atomic E-state index is -4.82. The number of rotatable bonds is 8. The van der Waals surface area contributed by atoms with Crippen LogP contribution in [-0.2, 0) is 27.2 Å². The quantitative estimate of drug-likeness (QED) is 0.167. The molecule has 4 aromatic carbocycles. The summed E-state index contributed by atoms with van der Waals surface area (Å²) in [5.74, 6) is -0.0932. The van der Waals surface area contributed by atoms with Gasteiger partial charge in [0.2, 0.25) is 11.2 Å². The average molecular weight is 714 g/mol. The summed E-state index contributed by atoms with van der Waals surface area (Å²) in [4.78, 5) is 25.0. The van der Waals surface area contributed by atoms with E-state index in [1.165, 1.54) is 21.3 Å². The molecule has 0 saturated carbocycles. The van der Waals surface area contributed by atoms with Crippen LogP contribution in [-0.4, -0.2) is 43.3 Å². The number of Topliss-reactive ketones (excluding diaryl/α,β-unsaturated/α-hetero) is 2. The molecule has 0 amide bonds. The molecule has 0 saturated heterocycles. The number of nitrogens with one attached hydrogen (secondary N) is 2. The van der Waals surface area contributed by atoms with Gasteiger partial charge in [-0.1, -0.05) is 23.2 Å². The molecule has 0 atom stereocenters. The summed E-state index contributed by atoms with van der Waals surface area (Å²) in [6.45, 7) is -0.113. The monoisotopic (exact) mass is 712 g/mol. The van der Waals surface area contributed by atoms with E-state index in [-0.39, 0.29) is 35.9 Å². The standard InChI is InChI=1S/C17H13ClF3N3O2.C17H16ClN3O2/c1-23-13-7-6-12(26-17(19,20)21)8-14(13)24(16(23)22)9-15(25)10-2-4-11(18)5-3-10;1-20-14-8-7-13(23-2)9-15(14)21(17(20)19)10-16(22)11-3-5-12(18)6-4-11/h2-8,22H,9H2,1H3;3-9,19H,10H2,1-2H3. The maximum Gasteiger partial charge on any atom is 0.573 e. The molecular weight excluding hydrogens is 684 g/mol. The Hall–Kier alpha value is -5.27. The third-order valence-electron chi connectivity index (χ3n) is 7.75. The maximum atomic E-state index is 12.5. The molecule has 15 heteroatoms. The van der Waals surface area contributed by atoms with E-state index in [1.807, 2.05) is 18.2 Å². The lowest BCUT2D eigenvalue weighted by atomic mass is 10.1. The van der Waals surface area contributed by atoms with Gasteiger partial charge in [-0.15, -0.1) is 13.2 Å². The first-order valence-electron chi connectivity index (χ1n) is 14.5. The number of aryl methyl sites for hydroxylation is 2.